The summed E-state index contributed by atoms with van der Waals surface area (Å²) in [5.74, 6) is -1.49. The fraction of sp³-hybridized carbons (Fsp3) is 0.0968. The third-order valence-corrected chi connectivity index (χ3v) is 5.39. The quantitative estimate of drug-likeness (QED) is 0.180. The lowest BCUT2D eigenvalue weighted by Crippen LogP contribution is -2.27. The molecule has 0 unspecified atom stereocenters. The summed E-state index contributed by atoms with van der Waals surface area (Å²) in [4.78, 5) is 45.1. The van der Waals surface area contributed by atoms with Crippen molar-refractivity contribution in [1.29, 1.82) is 0 Å². The van der Waals surface area contributed by atoms with Crippen molar-refractivity contribution in [2.75, 3.05) is 0 Å². The topological polar surface area (TPSA) is 71.1 Å². The average Bonchev–Trinajstić information content (AvgIpc) is 2.93. The Labute approximate surface area is 216 Å². The zero-order chi connectivity index (χ0) is 26.3. The van der Waals surface area contributed by atoms with Crippen molar-refractivity contribution >= 4 is 11.9 Å². The van der Waals surface area contributed by atoms with E-state index in [-0.39, 0.29) is 17.4 Å². The lowest BCUT2D eigenvalue weighted by Gasteiger charge is -2.24. The number of hydrogen-bond acceptors (Lipinski definition) is 6. The van der Waals surface area contributed by atoms with Gasteiger partial charge in [-0.15, -0.1) is 9.78 Å². The fourth-order valence-corrected chi connectivity index (χ4v) is 3.35. The van der Waals surface area contributed by atoms with Crippen molar-refractivity contribution in [2.24, 2.45) is 5.41 Å². The van der Waals surface area contributed by atoms with Crippen molar-refractivity contribution in [3.05, 3.63) is 134 Å². The van der Waals surface area contributed by atoms with E-state index >= 15 is 0 Å². The first kappa shape index (κ1) is 25.8. The Morgan fingerprint density at radius 2 is 0.838 bits per heavy atom. The standard InChI is InChI=1S/C31H26O6/c1-31(2,3)30(36-34-28(32)26-18-14-24(15-19-26)22-10-6-4-7-11-22)37-35-29(33)27-20-16-25(17-21-27)23-12-8-5-9-13-23/h4-21H,1H2,2-3H3. The Balaban J connectivity index is 1.33. The second kappa shape index (κ2) is 11.6. The number of carbonyl (C=O) groups excluding carboxylic acids is 2. The van der Waals surface area contributed by atoms with Crippen LogP contribution in [0.25, 0.3) is 22.3 Å². The minimum atomic E-state index is -1.01. The molecule has 6 heteroatoms. The van der Waals surface area contributed by atoms with Crippen molar-refractivity contribution in [3.63, 3.8) is 0 Å². The van der Waals surface area contributed by atoms with Crippen LogP contribution < -0.4 is 0 Å². The lowest BCUT2D eigenvalue weighted by molar-refractivity contribution is -0.378. The molecule has 4 rings (SSSR count). The Morgan fingerprint density at radius 1 is 0.514 bits per heavy atom. The van der Waals surface area contributed by atoms with E-state index < -0.39 is 17.4 Å². The van der Waals surface area contributed by atoms with E-state index in [1.54, 1.807) is 38.1 Å². The molecule has 0 aliphatic heterocycles. The van der Waals surface area contributed by atoms with Crippen LogP contribution in [-0.2, 0) is 19.6 Å². The van der Waals surface area contributed by atoms with Gasteiger partial charge in [0.1, 0.15) is 0 Å². The average molecular weight is 495 g/mol. The van der Waals surface area contributed by atoms with Gasteiger partial charge in [0, 0.05) is 5.41 Å². The predicted octanol–water partition coefficient (Wildman–Crippen LogP) is 7.25. The summed E-state index contributed by atoms with van der Waals surface area (Å²) in [7, 11) is 0. The maximum Gasteiger partial charge on any atom is 0.373 e. The molecule has 0 amide bonds. The van der Waals surface area contributed by atoms with E-state index in [0.717, 1.165) is 22.3 Å². The van der Waals surface area contributed by atoms with Crippen LogP contribution in [0.15, 0.2) is 109 Å². The van der Waals surface area contributed by atoms with Gasteiger partial charge in [0.05, 0.1) is 11.1 Å². The molecule has 0 aliphatic carbocycles. The van der Waals surface area contributed by atoms with Crippen LogP contribution in [0.3, 0.4) is 0 Å². The zero-order valence-electron chi connectivity index (χ0n) is 20.5. The van der Waals surface area contributed by atoms with E-state index in [0.29, 0.717) is 0 Å². The largest absolute Gasteiger partial charge is 0.373 e. The second-order valence-corrected chi connectivity index (χ2v) is 8.97. The van der Waals surface area contributed by atoms with Gasteiger partial charge in [-0.1, -0.05) is 98.8 Å². The molecule has 0 bridgehead atoms. The lowest BCUT2D eigenvalue weighted by atomic mass is 9.96. The van der Waals surface area contributed by atoms with Crippen LogP contribution in [0.5, 0.6) is 0 Å². The molecular weight excluding hydrogens is 468 g/mol. The SMILES string of the molecule is [CH2]C(C)(C)[C](OOC(=O)c1ccc(-c2ccccc2)cc1)OOC(=O)c1ccc(-c2ccccc2)cc1. The molecule has 0 saturated carbocycles. The van der Waals surface area contributed by atoms with Crippen molar-refractivity contribution < 1.29 is 29.1 Å². The molecule has 0 aliphatic rings. The molecule has 4 aromatic carbocycles. The van der Waals surface area contributed by atoms with Gasteiger partial charge in [-0.25, -0.2) is 9.59 Å². The van der Waals surface area contributed by atoms with Gasteiger partial charge in [-0.2, -0.15) is 0 Å². The molecule has 0 atom stereocenters. The second-order valence-electron chi connectivity index (χ2n) is 8.97. The Kier molecular flexibility index (Phi) is 8.13. The Bertz CT molecular complexity index is 1210. The van der Waals surface area contributed by atoms with Crippen LogP contribution in [0.1, 0.15) is 34.6 Å². The monoisotopic (exact) mass is 494 g/mol. The van der Waals surface area contributed by atoms with Gasteiger partial charge < -0.3 is 0 Å². The Hall–Kier alpha value is -4.26. The van der Waals surface area contributed by atoms with Crippen molar-refractivity contribution in [2.45, 2.75) is 13.8 Å². The van der Waals surface area contributed by atoms with Gasteiger partial charge >= 0.3 is 18.2 Å². The molecule has 37 heavy (non-hydrogen) atoms. The maximum absolute atomic E-state index is 12.5. The van der Waals surface area contributed by atoms with E-state index in [4.69, 9.17) is 19.6 Å². The molecule has 2 radical (unpaired) electrons. The summed E-state index contributed by atoms with van der Waals surface area (Å²) in [6.45, 7) is 7.19. The van der Waals surface area contributed by atoms with Gasteiger partial charge in [-0.3, -0.25) is 9.78 Å². The smallest absolute Gasteiger partial charge is 0.289 e. The summed E-state index contributed by atoms with van der Waals surface area (Å²) in [5.41, 5.74) is 3.51. The third kappa shape index (κ3) is 6.91. The molecule has 0 spiro atoms. The van der Waals surface area contributed by atoms with Crippen LogP contribution >= 0.6 is 0 Å². The number of carbonyl (C=O) groups is 2. The van der Waals surface area contributed by atoms with Crippen LogP contribution in [0.4, 0.5) is 0 Å². The normalized spacial score (nSPS) is 11.2. The van der Waals surface area contributed by atoms with Crippen LogP contribution in [-0.4, -0.2) is 11.9 Å². The van der Waals surface area contributed by atoms with E-state index in [2.05, 4.69) is 6.92 Å². The molecule has 6 nitrogen and oxygen atoms in total. The highest BCUT2D eigenvalue weighted by atomic mass is 17.3. The zero-order valence-corrected chi connectivity index (χ0v) is 20.5. The summed E-state index contributed by atoms with van der Waals surface area (Å²) in [6.07, 6.45) is -0.295. The third-order valence-electron chi connectivity index (χ3n) is 5.39. The highest BCUT2D eigenvalue weighted by Gasteiger charge is 2.34. The molecule has 186 valence electrons. The first-order chi connectivity index (χ1) is 17.8. The molecular formula is C31H26O6. The molecule has 0 fully saturated rings. The summed E-state index contributed by atoms with van der Waals surface area (Å²) in [6, 6.07) is 33.3. The molecule has 0 aromatic heterocycles. The predicted molar refractivity (Wildman–Crippen MR) is 139 cm³/mol. The molecule has 4 aromatic rings. The maximum atomic E-state index is 12.5. The van der Waals surface area contributed by atoms with E-state index in [9.17, 15) is 9.59 Å². The van der Waals surface area contributed by atoms with Gasteiger partial charge in [0.25, 0.3) is 0 Å². The molecule has 0 heterocycles. The minimum Gasteiger partial charge on any atom is -0.289 e. The number of benzene rings is 4. The summed E-state index contributed by atoms with van der Waals surface area (Å²) < 4.78 is 0. The number of hydrogen-bond donors (Lipinski definition) is 0. The summed E-state index contributed by atoms with van der Waals surface area (Å²) >= 11 is 0. The van der Waals surface area contributed by atoms with E-state index in [1.165, 1.54) is 0 Å². The minimum absolute atomic E-state index is 0.274. The van der Waals surface area contributed by atoms with Crippen LogP contribution in [0, 0.1) is 18.6 Å². The Morgan fingerprint density at radius 3 is 1.16 bits per heavy atom. The molecule has 0 saturated heterocycles. The first-order valence-corrected chi connectivity index (χ1v) is 11.6. The van der Waals surface area contributed by atoms with Crippen molar-refractivity contribution in [1.82, 2.24) is 0 Å². The highest BCUT2D eigenvalue weighted by Crippen LogP contribution is 2.31. The van der Waals surface area contributed by atoms with Crippen LogP contribution in [0.2, 0.25) is 0 Å². The summed E-state index contributed by atoms with van der Waals surface area (Å²) in [5, 5.41) is 0. The van der Waals surface area contributed by atoms with E-state index in [1.807, 2.05) is 84.9 Å². The number of rotatable bonds is 9. The van der Waals surface area contributed by atoms with Gasteiger partial charge in [-0.05, 0) is 53.4 Å². The first-order valence-electron chi connectivity index (χ1n) is 11.6. The fourth-order valence-electron chi connectivity index (χ4n) is 3.35. The van der Waals surface area contributed by atoms with Gasteiger partial charge in [0.15, 0.2) is 0 Å². The molecule has 0 N–H and O–H groups in total. The highest BCUT2D eigenvalue weighted by molar-refractivity contribution is 5.90. The van der Waals surface area contributed by atoms with Crippen molar-refractivity contribution in [3.8, 4) is 22.3 Å². The van der Waals surface area contributed by atoms with Gasteiger partial charge in [0.2, 0.25) is 0 Å².